The Hall–Kier alpha value is -1.12. The lowest BCUT2D eigenvalue weighted by Crippen LogP contribution is -2.24. The van der Waals surface area contributed by atoms with Crippen LogP contribution in [0.2, 0.25) is 0 Å². The van der Waals surface area contributed by atoms with Crippen molar-refractivity contribution < 1.29 is 14.3 Å². The van der Waals surface area contributed by atoms with Crippen LogP contribution in [0.5, 0.6) is 0 Å². The number of ketones is 1. The number of Topliss-reactive ketones (excluding diaryl/α,β-unsaturated/α-hetero) is 1. The SMILES string of the molecule is C=C(C)C[C@H](C(C)=O)C(=O)OCC. The average molecular weight is 184 g/mol. The molecule has 0 aliphatic heterocycles. The van der Waals surface area contributed by atoms with Crippen molar-refractivity contribution in [3.8, 4) is 0 Å². The standard InChI is InChI=1S/C10H16O3/c1-5-13-10(12)9(8(4)11)6-7(2)3/h9H,2,5-6H2,1,3-4H3/t9-/m1/s1. The van der Waals surface area contributed by atoms with Crippen molar-refractivity contribution in [2.75, 3.05) is 6.61 Å². The van der Waals surface area contributed by atoms with E-state index in [-0.39, 0.29) is 5.78 Å². The van der Waals surface area contributed by atoms with Crippen molar-refractivity contribution in [1.82, 2.24) is 0 Å². The van der Waals surface area contributed by atoms with Crippen LogP contribution in [0.1, 0.15) is 27.2 Å². The minimum atomic E-state index is -0.669. The molecule has 3 nitrogen and oxygen atoms in total. The summed E-state index contributed by atoms with van der Waals surface area (Å²) in [6, 6.07) is 0. The molecule has 3 heteroatoms. The van der Waals surface area contributed by atoms with Crippen LogP contribution in [0, 0.1) is 5.92 Å². The molecule has 0 radical (unpaired) electrons. The van der Waals surface area contributed by atoms with Crippen LogP contribution < -0.4 is 0 Å². The minimum absolute atomic E-state index is 0.165. The Morgan fingerprint density at radius 3 is 2.23 bits per heavy atom. The van der Waals surface area contributed by atoms with Gasteiger partial charge in [0, 0.05) is 0 Å². The van der Waals surface area contributed by atoms with Crippen molar-refractivity contribution in [3.63, 3.8) is 0 Å². The zero-order chi connectivity index (χ0) is 10.4. The number of carbonyl (C=O) groups excluding carboxylic acids is 2. The second kappa shape index (κ2) is 5.51. The summed E-state index contributed by atoms with van der Waals surface area (Å²) in [5, 5.41) is 0. The monoisotopic (exact) mass is 184 g/mol. The summed E-state index contributed by atoms with van der Waals surface area (Å²) in [4.78, 5) is 22.3. The molecular weight excluding hydrogens is 168 g/mol. The lowest BCUT2D eigenvalue weighted by Gasteiger charge is -2.11. The van der Waals surface area contributed by atoms with Crippen LogP contribution in [0.15, 0.2) is 12.2 Å². The fourth-order valence-corrected chi connectivity index (χ4v) is 0.984. The first kappa shape index (κ1) is 11.9. The molecule has 0 rings (SSSR count). The van der Waals surface area contributed by atoms with E-state index in [1.807, 2.05) is 0 Å². The van der Waals surface area contributed by atoms with Gasteiger partial charge in [0.05, 0.1) is 6.61 Å². The maximum atomic E-state index is 11.2. The third kappa shape index (κ3) is 4.45. The molecule has 0 N–H and O–H groups in total. The number of hydrogen-bond donors (Lipinski definition) is 0. The second-order valence-electron chi connectivity index (χ2n) is 3.08. The van der Waals surface area contributed by atoms with Gasteiger partial charge in [-0.25, -0.2) is 0 Å². The van der Waals surface area contributed by atoms with Crippen LogP contribution >= 0.6 is 0 Å². The number of allylic oxidation sites excluding steroid dienone is 1. The third-order valence-corrected chi connectivity index (χ3v) is 1.61. The molecule has 0 spiro atoms. The molecule has 0 aliphatic carbocycles. The van der Waals surface area contributed by atoms with Gasteiger partial charge < -0.3 is 4.74 Å². The van der Waals surface area contributed by atoms with Gasteiger partial charge in [0.2, 0.25) is 0 Å². The quantitative estimate of drug-likeness (QED) is 0.371. The summed E-state index contributed by atoms with van der Waals surface area (Å²) in [7, 11) is 0. The molecule has 0 aromatic carbocycles. The van der Waals surface area contributed by atoms with Gasteiger partial charge in [0.25, 0.3) is 0 Å². The largest absolute Gasteiger partial charge is 0.465 e. The highest BCUT2D eigenvalue weighted by atomic mass is 16.5. The summed E-state index contributed by atoms with van der Waals surface area (Å²) in [5.74, 6) is -1.28. The molecule has 1 atom stereocenters. The normalized spacial score (nSPS) is 11.9. The molecule has 0 saturated heterocycles. The smallest absolute Gasteiger partial charge is 0.316 e. The number of esters is 1. The molecule has 0 aromatic rings. The third-order valence-electron chi connectivity index (χ3n) is 1.61. The molecule has 0 saturated carbocycles. The molecule has 0 heterocycles. The fraction of sp³-hybridized carbons (Fsp3) is 0.600. The summed E-state index contributed by atoms with van der Waals surface area (Å²) < 4.78 is 4.77. The minimum Gasteiger partial charge on any atom is -0.465 e. The summed E-state index contributed by atoms with van der Waals surface area (Å²) >= 11 is 0. The van der Waals surface area contributed by atoms with E-state index in [0.29, 0.717) is 13.0 Å². The van der Waals surface area contributed by atoms with Crippen LogP contribution in [0.4, 0.5) is 0 Å². The van der Waals surface area contributed by atoms with Crippen molar-refractivity contribution in [2.45, 2.75) is 27.2 Å². The van der Waals surface area contributed by atoms with Crippen molar-refractivity contribution in [2.24, 2.45) is 5.92 Å². The number of rotatable bonds is 5. The van der Waals surface area contributed by atoms with Crippen molar-refractivity contribution in [1.29, 1.82) is 0 Å². The van der Waals surface area contributed by atoms with Crippen LogP contribution in [-0.4, -0.2) is 18.4 Å². The van der Waals surface area contributed by atoms with Gasteiger partial charge in [-0.05, 0) is 27.2 Å². The lowest BCUT2D eigenvalue weighted by atomic mass is 9.97. The summed E-state index contributed by atoms with van der Waals surface area (Å²) in [6.45, 7) is 8.86. The molecular formula is C10H16O3. The Balaban J connectivity index is 4.32. The van der Waals surface area contributed by atoms with Gasteiger partial charge in [0.15, 0.2) is 0 Å². The first-order valence-electron chi connectivity index (χ1n) is 4.30. The molecule has 74 valence electrons. The summed E-state index contributed by atoms with van der Waals surface area (Å²) in [6.07, 6.45) is 0.383. The van der Waals surface area contributed by atoms with Crippen molar-refractivity contribution >= 4 is 11.8 Å². The predicted molar refractivity (Wildman–Crippen MR) is 50.2 cm³/mol. The second-order valence-corrected chi connectivity index (χ2v) is 3.08. The molecule has 0 aliphatic rings. The van der Waals surface area contributed by atoms with E-state index < -0.39 is 11.9 Å². The van der Waals surface area contributed by atoms with Gasteiger partial charge in [-0.15, -0.1) is 6.58 Å². The van der Waals surface area contributed by atoms with E-state index in [1.54, 1.807) is 13.8 Å². The topological polar surface area (TPSA) is 43.4 Å². The molecule has 0 amide bonds. The van der Waals surface area contributed by atoms with Gasteiger partial charge >= 0.3 is 5.97 Å². The van der Waals surface area contributed by atoms with Crippen LogP contribution in [0.3, 0.4) is 0 Å². The lowest BCUT2D eigenvalue weighted by molar-refractivity contribution is -0.151. The molecule has 0 aromatic heterocycles. The first-order chi connectivity index (χ1) is 5.99. The Morgan fingerprint density at radius 2 is 1.92 bits per heavy atom. The molecule has 0 bridgehead atoms. The highest BCUT2D eigenvalue weighted by Crippen LogP contribution is 2.12. The van der Waals surface area contributed by atoms with Crippen LogP contribution in [-0.2, 0) is 14.3 Å². The van der Waals surface area contributed by atoms with E-state index in [9.17, 15) is 9.59 Å². The molecule has 0 unspecified atom stereocenters. The maximum absolute atomic E-state index is 11.2. The van der Waals surface area contributed by atoms with E-state index in [0.717, 1.165) is 5.57 Å². The van der Waals surface area contributed by atoms with Crippen molar-refractivity contribution in [3.05, 3.63) is 12.2 Å². The van der Waals surface area contributed by atoms with E-state index >= 15 is 0 Å². The van der Waals surface area contributed by atoms with E-state index in [1.165, 1.54) is 6.92 Å². The Bertz CT molecular complexity index is 218. The number of hydrogen-bond acceptors (Lipinski definition) is 3. The van der Waals surface area contributed by atoms with Gasteiger partial charge in [-0.2, -0.15) is 0 Å². The Labute approximate surface area is 78.8 Å². The van der Waals surface area contributed by atoms with Gasteiger partial charge in [-0.3, -0.25) is 9.59 Å². The zero-order valence-electron chi connectivity index (χ0n) is 8.42. The zero-order valence-corrected chi connectivity index (χ0v) is 8.42. The van der Waals surface area contributed by atoms with E-state index in [4.69, 9.17) is 4.74 Å². The highest BCUT2D eigenvalue weighted by Gasteiger charge is 2.24. The molecule has 13 heavy (non-hydrogen) atoms. The fourth-order valence-electron chi connectivity index (χ4n) is 0.984. The first-order valence-corrected chi connectivity index (χ1v) is 4.30. The predicted octanol–water partition coefficient (Wildman–Crippen LogP) is 1.72. The number of ether oxygens (including phenoxy) is 1. The average Bonchev–Trinajstić information content (AvgIpc) is 1.99. The van der Waals surface area contributed by atoms with E-state index in [2.05, 4.69) is 6.58 Å². The van der Waals surface area contributed by atoms with Gasteiger partial charge in [-0.1, -0.05) is 5.57 Å². The maximum Gasteiger partial charge on any atom is 0.316 e. The molecule has 0 fully saturated rings. The Kier molecular flexibility index (Phi) is 5.04. The van der Waals surface area contributed by atoms with Crippen LogP contribution in [0.25, 0.3) is 0 Å². The Morgan fingerprint density at radius 1 is 1.38 bits per heavy atom. The number of carbonyl (C=O) groups is 2. The summed E-state index contributed by atoms with van der Waals surface area (Å²) in [5.41, 5.74) is 0.813. The highest BCUT2D eigenvalue weighted by molar-refractivity contribution is 5.97. The van der Waals surface area contributed by atoms with Gasteiger partial charge in [0.1, 0.15) is 11.7 Å².